The van der Waals surface area contributed by atoms with Crippen LogP contribution in [0.25, 0.3) is 0 Å². The van der Waals surface area contributed by atoms with E-state index in [1.807, 2.05) is 0 Å². The number of hydrogen-bond acceptors (Lipinski definition) is 4. The highest BCUT2D eigenvalue weighted by molar-refractivity contribution is 5.69. The second-order valence-electron chi connectivity index (χ2n) is 3.65. The van der Waals surface area contributed by atoms with Crippen LogP contribution in [0.15, 0.2) is 0 Å². The minimum atomic E-state index is -1.39. The molecule has 0 amide bonds. The fourth-order valence-corrected chi connectivity index (χ4v) is 1.22. The molecule has 0 saturated heterocycles. The van der Waals surface area contributed by atoms with Crippen LogP contribution in [0.4, 0.5) is 0 Å². The number of carbonyl (C=O) groups excluding carboxylic acids is 1. The van der Waals surface area contributed by atoms with Gasteiger partial charge in [0.15, 0.2) is 6.29 Å². The van der Waals surface area contributed by atoms with Crippen molar-refractivity contribution in [2.45, 2.75) is 58.2 Å². The van der Waals surface area contributed by atoms with Crippen LogP contribution in [0, 0.1) is 0 Å². The number of rotatable bonds is 9. The average molecular weight is 218 g/mol. The zero-order valence-corrected chi connectivity index (χ0v) is 9.45. The average Bonchev–Trinajstić information content (AvgIpc) is 2.17. The largest absolute Gasteiger partial charge is 0.465 e. The molecule has 0 fully saturated rings. The van der Waals surface area contributed by atoms with E-state index in [2.05, 4.69) is 6.92 Å². The van der Waals surface area contributed by atoms with Gasteiger partial charge in [-0.25, -0.2) is 0 Å². The van der Waals surface area contributed by atoms with Crippen LogP contribution in [-0.2, 0) is 9.53 Å². The van der Waals surface area contributed by atoms with Gasteiger partial charge in [-0.15, -0.1) is 0 Å². The quantitative estimate of drug-likeness (QED) is 0.350. The lowest BCUT2D eigenvalue weighted by atomic mass is 10.1. The second-order valence-corrected chi connectivity index (χ2v) is 3.65. The van der Waals surface area contributed by atoms with E-state index in [0.29, 0.717) is 6.42 Å². The van der Waals surface area contributed by atoms with Crippen molar-refractivity contribution >= 4 is 5.97 Å². The molecule has 0 aliphatic carbocycles. The van der Waals surface area contributed by atoms with Gasteiger partial charge in [0.25, 0.3) is 0 Å². The maximum absolute atomic E-state index is 11.1. The van der Waals surface area contributed by atoms with Crippen molar-refractivity contribution in [3.8, 4) is 0 Å². The van der Waals surface area contributed by atoms with Gasteiger partial charge < -0.3 is 14.9 Å². The topological polar surface area (TPSA) is 66.8 Å². The molecule has 0 aromatic rings. The lowest BCUT2D eigenvalue weighted by Gasteiger charge is -2.05. The first-order chi connectivity index (χ1) is 7.16. The third-order valence-electron chi connectivity index (χ3n) is 2.12. The summed E-state index contributed by atoms with van der Waals surface area (Å²) in [4.78, 5) is 11.1. The highest BCUT2D eigenvalue weighted by atomic mass is 16.5. The molecule has 0 radical (unpaired) electrons. The Hall–Kier alpha value is -0.610. The third kappa shape index (κ3) is 11.3. The van der Waals surface area contributed by atoms with Crippen LogP contribution in [0.3, 0.4) is 0 Å². The van der Waals surface area contributed by atoms with E-state index in [-0.39, 0.29) is 19.0 Å². The van der Waals surface area contributed by atoms with E-state index >= 15 is 0 Å². The molecule has 0 rings (SSSR count). The van der Waals surface area contributed by atoms with E-state index in [0.717, 1.165) is 12.8 Å². The molecule has 90 valence electrons. The second kappa shape index (κ2) is 9.93. The first-order valence-corrected chi connectivity index (χ1v) is 5.68. The summed E-state index contributed by atoms with van der Waals surface area (Å²) < 4.78 is 4.80. The highest BCUT2D eigenvalue weighted by Gasteiger charge is 2.03. The standard InChI is InChI=1S/C11H22O4/c1-2-3-4-5-6-7-11(14)15-9-8-10(12)13/h10,12-13H,2-9H2,1H3. The predicted molar refractivity (Wildman–Crippen MR) is 57.2 cm³/mol. The molecule has 0 aliphatic rings. The van der Waals surface area contributed by atoms with Crippen LogP contribution in [0.1, 0.15) is 51.9 Å². The van der Waals surface area contributed by atoms with Gasteiger partial charge in [0.2, 0.25) is 0 Å². The molecule has 0 unspecified atom stereocenters. The summed E-state index contributed by atoms with van der Waals surface area (Å²) in [5.41, 5.74) is 0. The normalized spacial score (nSPS) is 10.7. The number of aliphatic hydroxyl groups excluding tert-OH is 1. The Morgan fingerprint density at radius 1 is 1.20 bits per heavy atom. The monoisotopic (exact) mass is 218 g/mol. The lowest BCUT2D eigenvalue weighted by Crippen LogP contribution is -2.12. The summed E-state index contributed by atoms with van der Waals surface area (Å²) in [5, 5.41) is 17.0. The van der Waals surface area contributed by atoms with E-state index < -0.39 is 6.29 Å². The van der Waals surface area contributed by atoms with Crippen molar-refractivity contribution in [3.05, 3.63) is 0 Å². The Kier molecular flexibility index (Phi) is 9.52. The van der Waals surface area contributed by atoms with Crippen molar-refractivity contribution in [2.75, 3.05) is 6.61 Å². The van der Waals surface area contributed by atoms with E-state index in [9.17, 15) is 4.79 Å². The molecule has 0 heterocycles. The van der Waals surface area contributed by atoms with Gasteiger partial charge in [-0.2, -0.15) is 0 Å². The molecule has 4 heteroatoms. The fourth-order valence-electron chi connectivity index (χ4n) is 1.22. The van der Waals surface area contributed by atoms with Gasteiger partial charge >= 0.3 is 5.97 Å². The molecular weight excluding hydrogens is 196 g/mol. The first-order valence-electron chi connectivity index (χ1n) is 5.68. The van der Waals surface area contributed by atoms with Gasteiger partial charge in [0.05, 0.1) is 6.61 Å². The third-order valence-corrected chi connectivity index (χ3v) is 2.12. The van der Waals surface area contributed by atoms with Gasteiger partial charge in [-0.1, -0.05) is 32.6 Å². The molecule has 0 bridgehead atoms. The number of esters is 1. The number of unbranched alkanes of at least 4 members (excludes halogenated alkanes) is 4. The number of ether oxygens (including phenoxy) is 1. The molecule has 15 heavy (non-hydrogen) atoms. The van der Waals surface area contributed by atoms with Crippen LogP contribution < -0.4 is 0 Å². The van der Waals surface area contributed by atoms with E-state index in [1.54, 1.807) is 0 Å². The minimum Gasteiger partial charge on any atom is -0.465 e. The summed E-state index contributed by atoms with van der Waals surface area (Å²) >= 11 is 0. The molecular formula is C11H22O4. The first kappa shape index (κ1) is 14.4. The minimum absolute atomic E-state index is 0.0849. The van der Waals surface area contributed by atoms with E-state index in [1.165, 1.54) is 19.3 Å². The van der Waals surface area contributed by atoms with Crippen molar-refractivity contribution in [3.63, 3.8) is 0 Å². The molecule has 0 aliphatic heterocycles. The molecule has 0 aromatic heterocycles. The molecule has 0 atom stereocenters. The number of carbonyl (C=O) groups is 1. The van der Waals surface area contributed by atoms with Crippen LogP contribution in [0.5, 0.6) is 0 Å². The maximum Gasteiger partial charge on any atom is 0.305 e. The molecule has 0 saturated carbocycles. The number of hydrogen-bond donors (Lipinski definition) is 2. The van der Waals surface area contributed by atoms with Gasteiger partial charge in [0.1, 0.15) is 0 Å². The van der Waals surface area contributed by atoms with Gasteiger partial charge in [-0.3, -0.25) is 4.79 Å². The van der Waals surface area contributed by atoms with Crippen molar-refractivity contribution in [2.24, 2.45) is 0 Å². The Labute approximate surface area is 91.3 Å². The van der Waals surface area contributed by atoms with Gasteiger partial charge in [0, 0.05) is 12.8 Å². The molecule has 2 N–H and O–H groups in total. The summed E-state index contributed by atoms with van der Waals surface area (Å²) in [6.07, 6.45) is 4.63. The molecule has 4 nitrogen and oxygen atoms in total. The Bertz CT molecular complexity index is 157. The zero-order valence-electron chi connectivity index (χ0n) is 9.45. The summed E-state index contributed by atoms with van der Waals surface area (Å²) in [6.45, 7) is 2.24. The fraction of sp³-hybridized carbons (Fsp3) is 0.909. The zero-order chi connectivity index (χ0) is 11.5. The van der Waals surface area contributed by atoms with Crippen LogP contribution in [-0.4, -0.2) is 29.1 Å². The summed E-state index contributed by atoms with van der Waals surface area (Å²) in [7, 11) is 0. The highest BCUT2D eigenvalue weighted by Crippen LogP contribution is 2.05. The van der Waals surface area contributed by atoms with Crippen molar-refractivity contribution in [1.29, 1.82) is 0 Å². The van der Waals surface area contributed by atoms with Crippen LogP contribution in [0.2, 0.25) is 0 Å². The Balaban J connectivity index is 3.19. The summed E-state index contributed by atoms with van der Waals surface area (Å²) in [5.74, 6) is -0.243. The SMILES string of the molecule is CCCCCCCC(=O)OCCC(O)O. The Morgan fingerprint density at radius 2 is 1.87 bits per heavy atom. The van der Waals surface area contributed by atoms with Gasteiger partial charge in [-0.05, 0) is 6.42 Å². The molecule has 0 aromatic carbocycles. The van der Waals surface area contributed by atoms with Crippen LogP contribution >= 0.6 is 0 Å². The van der Waals surface area contributed by atoms with E-state index in [4.69, 9.17) is 14.9 Å². The van der Waals surface area contributed by atoms with Crippen molar-refractivity contribution in [1.82, 2.24) is 0 Å². The van der Waals surface area contributed by atoms with Crippen molar-refractivity contribution < 1.29 is 19.7 Å². The number of aliphatic hydroxyl groups is 2. The molecule has 0 spiro atoms. The smallest absolute Gasteiger partial charge is 0.305 e. The Morgan fingerprint density at radius 3 is 2.47 bits per heavy atom. The lowest BCUT2D eigenvalue weighted by molar-refractivity contribution is -0.146. The summed E-state index contributed by atoms with van der Waals surface area (Å²) in [6, 6.07) is 0. The maximum atomic E-state index is 11.1. The predicted octanol–water partition coefficient (Wildman–Crippen LogP) is 1.59.